The maximum absolute atomic E-state index is 13.6. The Balaban J connectivity index is 1.85. The van der Waals surface area contributed by atoms with Crippen molar-refractivity contribution in [2.75, 3.05) is 0 Å². The molecule has 2 heterocycles. The highest BCUT2D eigenvalue weighted by Gasteiger charge is 2.46. The van der Waals surface area contributed by atoms with Gasteiger partial charge < -0.3 is 10.0 Å². The van der Waals surface area contributed by atoms with Gasteiger partial charge in [0.1, 0.15) is 4.91 Å². The summed E-state index contributed by atoms with van der Waals surface area (Å²) in [4.78, 5) is 15.2. The van der Waals surface area contributed by atoms with Crippen LogP contribution >= 0.6 is 11.3 Å². The maximum Gasteiger partial charge on any atom is 0.290 e. The van der Waals surface area contributed by atoms with Gasteiger partial charge in [0.05, 0.1) is 17.5 Å². The maximum atomic E-state index is 13.6. The summed E-state index contributed by atoms with van der Waals surface area (Å²) in [5, 5.41) is 12.7. The Morgan fingerprint density at radius 1 is 1.03 bits per heavy atom. The van der Waals surface area contributed by atoms with Gasteiger partial charge in [-0.2, -0.15) is 0 Å². The van der Waals surface area contributed by atoms with Crippen molar-refractivity contribution < 1.29 is 18.3 Å². The van der Waals surface area contributed by atoms with E-state index in [4.69, 9.17) is 0 Å². The van der Waals surface area contributed by atoms with E-state index in [0.29, 0.717) is 5.56 Å². The van der Waals surface area contributed by atoms with Gasteiger partial charge >= 0.3 is 0 Å². The summed E-state index contributed by atoms with van der Waals surface area (Å²) >= 11 is 1.48. The van der Waals surface area contributed by atoms with Crippen molar-refractivity contribution in [3.8, 4) is 0 Å². The predicted octanol–water partition coefficient (Wildman–Crippen LogP) is 4.95. The topological polar surface area (TPSA) is 74.7 Å². The van der Waals surface area contributed by atoms with Crippen LogP contribution in [0.5, 0.6) is 0 Å². The van der Waals surface area contributed by atoms with Gasteiger partial charge in [-0.25, -0.2) is 8.42 Å². The molecule has 0 saturated carbocycles. The number of aliphatic hydroxyl groups is 1. The second kappa shape index (κ2) is 8.32. The number of carbonyl (C=O) groups is 1. The van der Waals surface area contributed by atoms with Crippen LogP contribution in [0.4, 0.5) is 0 Å². The van der Waals surface area contributed by atoms with Crippen LogP contribution in [0.3, 0.4) is 0 Å². The molecule has 0 spiro atoms. The van der Waals surface area contributed by atoms with Crippen molar-refractivity contribution in [1.29, 1.82) is 0 Å². The summed E-state index contributed by atoms with van der Waals surface area (Å²) in [7, 11) is -4.09. The lowest BCUT2D eigenvalue weighted by Gasteiger charge is -2.26. The van der Waals surface area contributed by atoms with E-state index in [1.807, 2.05) is 55.6 Å². The number of amides is 1. The Bertz CT molecular complexity index is 1230. The molecular formula is C24H23NO4S2. The molecule has 1 atom stereocenters. The highest BCUT2D eigenvalue weighted by Crippen LogP contribution is 2.43. The Morgan fingerprint density at radius 3 is 2.29 bits per heavy atom. The Hall–Kier alpha value is -2.90. The predicted molar refractivity (Wildman–Crippen MR) is 121 cm³/mol. The highest BCUT2D eigenvalue weighted by molar-refractivity contribution is 7.95. The summed E-state index contributed by atoms with van der Waals surface area (Å²) in [6.45, 7) is 4.12. The molecule has 0 fully saturated rings. The van der Waals surface area contributed by atoms with Gasteiger partial charge in [0.25, 0.3) is 5.91 Å². The SMILES string of the molecule is CCc1ccc([C@@H]2C(S(=O)(=O)c3ccc(C)cc3)=C(O)C(=O)N2Cc2cccs2)cc1. The first-order valence-electron chi connectivity index (χ1n) is 10.00. The molecule has 0 radical (unpaired) electrons. The van der Waals surface area contributed by atoms with Crippen LogP contribution in [0.15, 0.2) is 81.6 Å². The third-order valence-electron chi connectivity index (χ3n) is 5.49. The van der Waals surface area contributed by atoms with Crippen molar-refractivity contribution in [3.05, 3.63) is 98.3 Å². The fourth-order valence-electron chi connectivity index (χ4n) is 3.75. The summed E-state index contributed by atoms with van der Waals surface area (Å²) in [6.07, 6.45) is 0.846. The molecule has 1 N–H and O–H groups in total. The van der Waals surface area contributed by atoms with Gasteiger partial charge in [0.2, 0.25) is 9.84 Å². The lowest BCUT2D eigenvalue weighted by atomic mass is 10.0. The minimum Gasteiger partial charge on any atom is -0.502 e. The zero-order valence-corrected chi connectivity index (χ0v) is 18.9. The van der Waals surface area contributed by atoms with Gasteiger partial charge in [0, 0.05) is 4.88 Å². The molecule has 7 heteroatoms. The normalized spacial score (nSPS) is 16.9. The minimum absolute atomic E-state index is 0.0561. The molecule has 5 nitrogen and oxygen atoms in total. The third kappa shape index (κ3) is 3.91. The van der Waals surface area contributed by atoms with Gasteiger partial charge in [-0.15, -0.1) is 11.3 Å². The van der Waals surface area contributed by atoms with Crippen LogP contribution in [-0.4, -0.2) is 24.3 Å². The van der Waals surface area contributed by atoms with Crippen LogP contribution in [0.1, 0.15) is 34.5 Å². The molecule has 0 unspecified atom stereocenters. The number of aryl methyl sites for hydroxylation is 2. The van der Waals surface area contributed by atoms with Crippen molar-refractivity contribution in [3.63, 3.8) is 0 Å². The molecule has 4 rings (SSSR count). The first kappa shape index (κ1) is 21.3. The molecule has 1 aliphatic rings. The first-order valence-corrected chi connectivity index (χ1v) is 12.4. The zero-order chi connectivity index (χ0) is 22.2. The van der Waals surface area contributed by atoms with E-state index < -0.39 is 27.5 Å². The first-order chi connectivity index (χ1) is 14.8. The molecule has 1 amide bonds. The number of hydrogen-bond donors (Lipinski definition) is 1. The number of aliphatic hydroxyl groups excluding tert-OH is 1. The standard InChI is InChI=1S/C24H23NO4S2/c1-3-17-8-10-18(11-9-17)21-23(31(28,29)20-12-6-16(2)7-13-20)22(26)24(27)25(21)15-19-5-4-14-30-19/h4-14,21,26H,3,15H2,1-2H3/t21-/m1/s1. The van der Waals surface area contributed by atoms with Crippen LogP contribution in [0.2, 0.25) is 0 Å². The lowest BCUT2D eigenvalue weighted by molar-refractivity contribution is -0.130. The second-order valence-electron chi connectivity index (χ2n) is 7.54. The van der Waals surface area contributed by atoms with Crippen molar-refractivity contribution in [1.82, 2.24) is 4.90 Å². The van der Waals surface area contributed by atoms with E-state index in [1.54, 1.807) is 12.1 Å². The van der Waals surface area contributed by atoms with Crippen LogP contribution in [0.25, 0.3) is 0 Å². The molecule has 0 aliphatic carbocycles. The number of hydrogen-bond acceptors (Lipinski definition) is 5. The average molecular weight is 454 g/mol. The lowest BCUT2D eigenvalue weighted by Crippen LogP contribution is -2.30. The molecule has 31 heavy (non-hydrogen) atoms. The van der Waals surface area contributed by atoms with E-state index >= 15 is 0 Å². The Kier molecular flexibility index (Phi) is 5.73. The summed E-state index contributed by atoms with van der Waals surface area (Å²) < 4.78 is 27.1. The number of benzene rings is 2. The van der Waals surface area contributed by atoms with Crippen molar-refractivity contribution >= 4 is 27.1 Å². The number of nitrogens with zero attached hydrogens (tertiary/aromatic N) is 1. The van der Waals surface area contributed by atoms with Gasteiger partial charge in [-0.3, -0.25) is 4.79 Å². The second-order valence-corrected chi connectivity index (χ2v) is 10.5. The van der Waals surface area contributed by atoms with E-state index in [1.165, 1.54) is 28.4 Å². The largest absolute Gasteiger partial charge is 0.502 e. The number of rotatable bonds is 6. The molecule has 0 bridgehead atoms. The molecular weight excluding hydrogens is 430 g/mol. The van der Waals surface area contributed by atoms with Crippen LogP contribution < -0.4 is 0 Å². The van der Waals surface area contributed by atoms with Gasteiger partial charge in [-0.05, 0) is 48.1 Å². The number of thiophene rings is 1. The van der Waals surface area contributed by atoms with Gasteiger partial charge in [0.15, 0.2) is 5.76 Å². The summed E-state index contributed by atoms with van der Waals surface area (Å²) in [6, 6.07) is 16.8. The van der Waals surface area contributed by atoms with E-state index in [2.05, 4.69) is 0 Å². The fourth-order valence-corrected chi connectivity index (χ4v) is 6.10. The Labute approximate surface area is 186 Å². The summed E-state index contributed by atoms with van der Waals surface area (Å²) in [5.74, 6) is -1.38. The van der Waals surface area contributed by atoms with Gasteiger partial charge in [-0.1, -0.05) is 55.0 Å². The zero-order valence-electron chi connectivity index (χ0n) is 17.3. The number of sulfone groups is 1. The smallest absolute Gasteiger partial charge is 0.290 e. The third-order valence-corrected chi connectivity index (χ3v) is 8.24. The van der Waals surface area contributed by atoms with E-state index in [9.17, 15) is 18.3 Å². The molecule has 1 aliphatic heterocycles. The monoisotopic (exact) mass is 453 g/mol. The molecule has 2 aromatic carbocycles. The Morgan fingerprint density at radius 2 is 1.71 bits per heavy atom. The molecule has 1 aromatic heterocycles. The fraction of sp³-hybridized carbons (Fsp3) is 0.208. The van der Waals surface area contributed by atoms with Crippen LogP contribution in [0, 0.1) is 6.92 Å². The van der Waals surface area contributed by atoms with E-state index in [-0.39, 0.29) is 16.3 Å². The van der Waals surface area contributed by atoms with Crippen molar-refractivity contribution in [2.24, 2.45) is 0 Å². The molecule has 0 saturated heterocycles. The molecule has 3 aromatic rings. The quantitative estimate of drug-likeness (QED) is 0.573. The minimum atomic E-state index is -4.09. The highest BCUT2D eigenvalue weighted by atomic mass is 32.2. The summed E-state index contributed by atoms with van der Waals surface area (Å²) in [5.41, 5.74) is 2.68. The average Bonchev–Trinajstić information content (AvgIpc) is 3.37. The van der Waals surface area contributed by atoms with Crippen LogP contribution in [-0.2, 0) is 27.6 Å². The van der Waals surface area contributed by atoms with Crippen molar-refractivity contribution in [2.45, 2.75) is 37.8 Å². The number of carbonyl (C=O) groups excluding carboxylic acids is 1. The van der Waals surface area contributed by atoms with E-state index in [0.717, 1.165) is 22.4 Å². The molecule has 160 valence electrons.